The highest BCUT2D eigenvalue weighted by atomic mass is 16.5. The Bertz CT molecular complexity index is 480. The normalized spacial score (nSPS) is 16.1. The van der Waals surface area contributed by atoms with Crippen LogP contribution >= 0.6 is 0 Å². The molecule has 3 heterocycles. The number of nitrogens with zero attached hydrogens (tertiary/aromatic N) is 4. The fourth-order valence-corrected chi connectivity index (χ4v) is 1.74. The quantitative estimate of drug-likeness (QED) is 0.768. The van der Waals surface area contributed by atoms with Gasteiger partial charge >= 0.3 is 0 Å². The minimum Gasteiger partial charge on any atom is -0.442 e. The predicted octanol–water partition coefficient (Wildman–Crippen LogP) is 0.968. The van der Waals surface area contributed by atoms with Crippen LogP contribution in [-0.2, 0) is 4.74 Å². The Hall–Kier alpha value is -1.95. The number of ether oxygens (including phenoxy) is 1. The number of oxazole rings is 1. The Balaban J connectivity index is 1.88. The van der Waals surface area contributed by atoms with Gasteiger partial charge in [-0.25, -0.2) is 15.0 Å². The van der Waals surface area contributed by atoms with E-state index < -0.39 is 0 Å². The molecule has 0 atom stereocenters. The highest BCUT2D eigenvalue weighted by Crippen LogP contribution is 2.18. The molecule has 0 aromatic carbocycles. The summed E-state index contributed by atoms with van der Waals surface area (Å²) in [7, 11) is 0. The molecule has 0 radical (unpaired) electrons. The number of anilines is 1. The van der Waals surface area contributed by atoms with Gasteiger partial charge in [0.1, 0.15) is 5.69 Å². The van der Waals surface area contributed by atoms with Crippen molar-refractivity contribution in [3.63, 3.8) is 0 Å². The Morgan fingerprint density at radius 2 is 2.12 bits per heavy atom. The minimum absolute atomic E-state index is 0.655. The lowest BCUT2D eigenvalue weighted by Gasteiger charge is -2.26. The predicted molar refractivity (Wildman–Crippen MR) is 60.6 cm³/mol. The van der Waals surface area contributed by atoms with Crippen LogP contribution in [0.15, 0.2) is 29.3 Å². The fraction of sp³-hybridized carbons (Fsp3) is 0.364. The van der Waals surface area contributed by atoms with Crippen LogP contribution in [0.25, 0.3) is 11.5 Å². The zero-order chi connectivity index (χ0) is 11.5. The standard InChI is InChI=1S/C11H12N4O2/c1-2-13-11(15-3-5-16-6-4-15)14-9(1)10-7-12-8-17-10/h1-2,7-8H,3-6H2. The Labute approximate surface area is 98.3 Å². The van der Waals surface area contributed by atoms with Crippen LogP contribution in [-0.4, -0.2) is 41.3 Å². The molecule has 1 fully saturated rings. The molecule has 17 heavy (non-hydrogen) atoms. The average Bonchev–Trinajstić information content (AvgIpc) is 2.94. The van der Waals surface area contributed by atoms with E-state index in [1.165, 1.54) is 6.39 Å². The van der Waals surface area contributed by atoms with Crippen LogP contribution in [0.4, 0.5) is 5.95 Å². The van der Waals surface area contributed by atoms with Gasteiger partial charge in [0.2, 0.25) is 5.95 Å². The van der Waals surface area contributed by atoms with Crippen molar-refractivity contribution in [2.75, 3.05) is 31.2 Å². The van der Waals surface area contributed by atoms with Crippen molar-refractivity contribution in [2.45, 2.75) is 0 Å². The van der Waals surface area contributed by atoms with E-state index >= 15 is 0 Å². The van der Waals surface area contributed by atoms with Crippen molar-refractivity contribution in [1.82, 2.24) is 15.0 Å². The summed E-state index contributed by atoms with van der Waals surface area (Å²) in [6, 6.07) is 1.81. The van der Waals surface area contributed by atoms with Crippen LogP contribution in [0.2, 0.25) is 0 Å². The van der Waals surface area contributed by atoms with E-state index in [1.807, 2.05) is 6.07 Å². The zero-order valence-corrected chi connectivity index (χ0v) is 9.24. The number of hydrogen-bond donors (Lipinski definition) is 0. The van der Waals surface area contributed by atoms with Crippen molar-refractivity contribution in [1.29, 1.82) is 0 Å². The Morgan fingerprint density at radius 1 is 1.24 bits per heavy atom. The Morgan fingerprint density at radius 3 is 2.88 bits per heavy atom. The van der Waals surface area contributed by atoms with E-state index in [9.17, 15) is 0 Å². The minimum atomic E-state index is 0.655. The maximum Gasteiger partial charge on any atom is 0.226 e. The second kappa shape index (κ2) is 4.50. The smallest absolute Gasteiger partial charge is 0.226 e. The van der Waals surface area contributed by atoms with Gasteiger partial charge in [-0.2, -0.15) is 0 Å². The van der Waals surface area contributed by atoms with Gasteiger partial charge in [0.25, 0.3) is 0 Å². The van der Waals surface area contributed by atoms with Gasteiger partial charge in [0.15, 0.2) is 12.2 Å². The molecule has 1 aliphatic rings. The molecule has 6 nitrogen and oxygen atoms in total. The van der Waals surface area contributed by atoms with Gasteiger partial charge in [-0.1, -0.05) is 0 Å². The van der Waals surface area contributed by atoms with Gasteiger partial charge in [-0.3, -0.25) is 0 Å². The second-order valence-electron chi connectivity index (χ2n) is 3.71. The molecule has 0 unspecified atom stereocenters. The first-order chi connectivity index (χ1) is 8.43. The highest BCUT2D eigenvalue weighted by molar-refractivity contribution is 5.52. The molecule has 2 aromatic heterocycles. The number of rotatable bonds is 2. The average molecular weight is 232 g/mol. The molecule has 3 rings (SSSR count). The lowest BCUT2D eigenvalue weighted by molar-refractivity contribution is 0.122. The first kappa shape index (κ1) is 10.2. The molecule has 0 bridgehead atoms. The van der Waals surface area contributed by atoms with Crippen molar-refractivity contribution >= 4 is 5.95 Å². The summed E-state index contributed by atoms with van der Waals surface area (Å²) in [4.78, 5) is 14.7. The maximum absolute atomic E-state index is 5.30. The van der Waals surface area contributed by atoms with E-state index in [0.29, 0.717) is 11.7 Å². The maximum atomic E-state index is 5.30. The molecular formula is C11H12N4O2. The van der Waals surface area contributed by atoms with Crippen molar-refractivity contribution in [3.8, 4) is 11.5 Å². The van der Waals surface area contributed by atoms with Crippen LogP contribution in [0.1, 0.15) is 0 Å². The van der Waals surface area contributed by atoms with Gasteiger partial charge in [0.05, 0.1) is 19.4 Å². The summed E-state index contributed by atoms with van der Waals surface area (Å²) >= 11 is 0. The number of aromatic nitrogens is 3. The van der Waals surface area contributed by atoms with E-state index in [0.717, 1.165) is 32.0 Å². The second-order valence-corrected chi connectivity index (χ2v) is 3.71. The lowest BCUT2D eigenvalue weighted by atomic mass is 10.3. The molecule has 0 spiro atoms. The number of morpholine rings is 1. The monoisotopic (exact) mass is 232 g/mol. The zero-order valence-electron chi connectivity index (χ0n) is 9.24. The van der Waals surface area contributed by atoms with Crippen LogP contribution in [0.5, 0.6) is 0 Å². The summed E-state index contributed by atoms with van der Waals surface area (Å²) in [6.07, 6.45) is 4.77. The van der Waals surface area contributed by atoms with Crippen LogP contribution in [0, 0.1) is 0 Å². The van der Waals surface area contributed by atoms with Crippen molar-refractivity contribution < 1.29 is 9.15 Å². The van der Waals surface area contributed by atoms with Crippen LogP contribution in [0.3, 0.4) is 0 Å². The third-order valence-electron chi connectivity index (χ3n) is 2.62. The summed E-state index contributed by atoms with van der Waals surface area (Å²) < 4.78 is 10.5. The first-order valence-electron chi connectivity index (χ1n) is 5.48. The number of hydrogen-bond acceptors (Lipinski definition) is 6. The molecule has 6 heteroatoms. The molecule has 2 aromatic rings. The van der Waals surface area contributed by atoms with Crippen molar-refractivity contribution in [2.24, 2.45) is 0 Å². The van der Waals surface area contributed by atoms with Crippen LogP contribution < -0.4 is 4.90 Å². The SMILES string of the molecule is c1cc(-c2cnco2)nc(N2CCOCC2)n1. The lowest BCUT2D eigenvalue weighted by Crippen LogP contribution is -2.37. The van der Waals surface area contributed by atoms with Crippen molar-refractivity contribution in [3.05, 3.63) is 24.9 Å². The highest BCUT2D eigenvalue weighted by Gasteiger charge is 2.14. The van der Waals surface area contributed by atoms with E-state index in [1.54, 1.807) is 12.4 Å². The largest absolute Gasteiger partial charge is 0.442 e. The van der Waals surface area contributed by atoms with E-state index in [2.05, 4.69) is 19.9 Å². The molecule has 1 saturated heterocycles. The fourth-order valence-electron chi connectivity index (χ4n) is 1.74. The molecule has 1 aliphatic heterocycles. The topological polar surface area (TPSA) is 64.3 Å². The van der Waals surface area contributed by atoms with E-state index in [-0.39, 0.29) is 0 Å². The summed E-state index contributed by atoms with van der Waals surface area (Å²) in [5.74, 6) is 1.36. The van der Waals surface area contributed by atoms with E-state index in [4.69, 9.17) is 9.15 Å². The van der Waals surface area contributed by atoms with Gasteiger partial charge in [-0.15, -0.1) is 0 Å². The molecule has 0 amide bonds. The van der Waals surface area contributed by atoms with Gasteiger partial charge in [0, 0.05) is 19.3 Å². The third-order valence-corrected chi connectivity index (χ3v) is 2.62. The molecule has 0 saturated carbocycles. The summed E-state index contributed by atoms with van der Waals surface area (Å²) in [6.45, 7) is 3.07. The Kier molecular flexibility index (Phi) is 2.71. The molecule has 0 N–H and O–H groups in total. The molecule has 0 aliphatic carbocycles. The molecular weight excluding hydrogens is 220 g/mol. The summed E-state index contributed by atoms with van der Waals surface area (Å²) in [5.41, 5.74) is 0.749. The first-order valence-corrected chi connectivity index (χ1v) is 5.48. The van der Waals surface area contributed by atoms with Gasteiger partial charge in [-0.05, 0) is 6.07 Å². The summed E-state index contributed by atoms with van der Waals surface area (Å²) in [5, 5.41) is 0. The van der Waals surface area contributed by atoms with Gasteiger partial charge < -0.3 is 14.1 Å². The molecule has 88 valence electrons. The third kappa shape index (κ3) is 2.12.